The molecule has 0 amide bonds. The number of para-hydroxylation sites is 1. The predicted molar refractivity (Wildman–Crippen MR) is 106 cm³/mol. The SMILES string of the molecule is CC1(C)OB(c2cn(SN3CCCCC3)c3ccccc23)OC1(C)C. The molecule has 0 spiro atoms. The number of benzene rings is 1. The van der Waals surface area contributed by atoms with Crippen LogP contribution in [0.25, 0.3) is 10.9 Å². The van der Waals surface area contributed by atoms with Crippen molar-refractivity contribution in [3.05, 3.63) is 30.5 Å². The van der Waals surface area contributed by atoms with Gasteiger partial charge in [-0.2, -0.15) is 0 Å². The minimum atomic E-state index is -0.321. The molecule has 0 saturated carbocycles. The van der Waals surface area contributed by atoms with Gasteiger partial charge in [0.05, 0.1) is 16.7 Å². The Morgan fingerprint density at radius 2 is 1.60 bits per heavy atom. The van der Waals surface area contributed by atoms with Gasteiger partial charge >= 0.3 is 7.12 Å². The van der Waals surface area contributed by atoms with Gasteiger partial charge in [-0.25, -0.2) is 4.31 Å². The van der Waals surface area contributed by atoms with Crippen molar-refractivity contribution in [1.29, 1.82) is 0 Å². The summed E-state index contributed by atoms with van der Waals surface area (Å²) in [7, 11) is -0.321. The van der Waals surface area contributed by atoms with Crippen molar-refractivity contribution in [3.63, 3.8) is 0 Å². The summed E-state index contributed by atoms with van der Waals surface area (Å²) < 4.78 is 17.3. The maximum Gasteiger partial charge on any atom is 0.497 e. The number of nitrogens with zero attached hydrogens (tertiary/aromatic N) is 2. The van der Waals surface area contributed by atoms with Crippen molar-refractivity contribution in [2.75, 3.05) is 13.1 Å². The van der Waals surface area contributed by atoms with Crippen LogP contribution in [0, 0.1) is 0 Å². The highest BCUT2D eigenvalue weighted by molar-refractivity contribution is 7.95. The number of fused-ring (bicyclic) bond motifs is 1. The summed E-state index contributed by atoms with van der Waals surface area (Å²) in [6.45, 7) is 10.7. The van der Waals surface area contributed by atoms with Crippen LogP contribution in [0.3, 0.4) is 0 Å². The summed E-state index contributed by atoms with van der Waals surface area (Å²) >= 11 is 1.81. The van der Waals surface area contributed by atoms with Crippen LogP contribution < -0.4 is 5.46 Å². The normalized spacial score (nSPS) is 23.4. The molecule has 2 fully saturated rings. The maximum absolute atomic E-state index is 6.30. The van der Waals surface area contributed by atoms with E-state index in [1.165, 1.54) is 30.2 Å². The summed E-state index contributed by atoms with van der Waals surface area (Å²) in [4.78, 5) is 0. The van der Waals surface area contributed by atoms with Gasteiger partial charge in [-0.1, -0.05) is 24.6 Å². The largest absolute Gasteiger partial charge is 0.497 e. The Balaban J connectivity index is 1.68. The smallest absolute Gasteiger partial charge is 0.399 e. The number of aromatic nitrogens is 1. The lowest BCUT2D eigenvalue weighted by atomic mass is 9.79. The minimum Gasteiger partial charge on any atom is -0.399 e. The van der Waals surface area contributed by atoms with Gasteiger partial charge in [0, 0.05) is 42.3 Å². The summed E-state index contributed by atoms with van der Waals surface area (Å²) in [5.41, 5.74) is 1.71. The number of hydrogen-bond donors (Lipinski definition) is 0. The van der Waals surface area contributed by atoms with Gasteiger partial charge < -0.3 is 9.31 Å². The first-order chi connectivity index (χ1) is 11.9. The van der Waals surface area contributed by atoms with Crippen LogP contribution in [0.1, 0.15) is 47.0 Å². The van der Waals surface area contributed by atoms with Gasteiger partial charge in [0.1, 0.15) is 0 Å². The molecule has 4 nitrogen and oxygen atoms in total. The average Bonchev–Trinajstić information content (AvgIpc) is 3.03. The highest BCUT2D eigenvalue weighted by Gasteiger charge is 2.52. The van der Waals surface area contributed by atoms with Gasteiger partial charge in [0.15, 0.2) is 0 Å². The Morgan fingerprint density at radius 1 is 0.960 bits per heavy atom. The first-order valence-corrected chi connectivity index (χ1v) is 9.99. The van der Waals surface area contributed by atoms with Crippen LogP contribution in [-0.4, -0.2) is 39.7 Å². The van der Waals surface area contributed by atoms with Gasteiger partial charge in [0.25, 0.3) is 0 Å². The summed E-state index contributed by atoms with van der Waals surface area (Å²) in [6, 6.07) is 8.54. The molecule has 4 rings (SSSR count). The zero-order valence-corrected chi connectivity index (χ0v) is 16.4. The zero-order valence-electron chi connectivity index (χ0n) is 15.6. The molecule has 0 aliphatic carbocycles. The van der Waals surface area contributed by atoms with E-state index in [0.29, 0.717) is 0 Å². The van der Waals surface area contributed by atoms with E-state index in [2.05, 4.69) is 66.4 Å². The molecule has 0 bridgehead atoms. The van der Waals surface area contributed by atoms with Crippen molar-refractivity contribution in [2.24, 2.45) is 0 Å². The van der Waals surface area contributed by atoms with Crippen molar-refractivity contribution < 1.29 is 9.31 Å². The molecule has 0 radical (unpaired) electrons. The van der Waals surface area contributed by atoms with E-state index in [1.54, 1.807) is 0 Å². The first kappa shape index (κ1) is 17.5. The van der Waals surface area contributed by atoms with E-state index >= 15 is 0 Å². The van der Waals surface area contributed by atoms with Crippen molar-refractivity contribution in [3.8, 4) is 0 Å². The van der Waals surface area contributed by atoms with Crippen LogP contribution in [0.4, 0.5) is 0 Å². The second kappa shape index (κ2) is 6.34. The van der Waals surface area contributed by atoms with E-state index < -0.39 is 0 Å². The molecule has 6 heteroatoms. The highest BCUT2D eigenvalue weighted by Crippen LogP contribution is 2.37. The molecule has 1 aromatic heterocycles. The molecular formula is C19H27BN2O2S. The fourth-order valence-corrected chi connectivity index (χ4v) is 4.55. The number of hydrogen-bond acceptors (Lipinski definition) is 4. The Hall–Kier alpha value is -0.945. The predicted octanol–water partition coefficient (Wildman–Crippen LogP) is 3.84. The standard InChI is InChI=1S/C19H27BN2O2S/c1-18(2)19(3,4)24-20(23-18)16-14-22(17-11-7-6-10-15(16)17)25-21-12-8-5-9-13-21/h6-7,10-11,14H,5,8-9,12-13H2,1-4H3. The van der Waals surface area contributed by atoms with Crippen LogP contribution >= 0.6 is 12.1 Å². The van der Waals surface area contributed by atoms with Gasteiger partial charge in [-0.05, 0) is 46.6 Å². The van der Waals surface area contributed by atoms with Crippen LogP contribution in [0.5, 0.6) is 0 Å². The van der Waals surface area contributed by atoms with Crippen LogP contribution in [0.15, 0.2) is 30.5 Å². The third kappa shape index (κ3) is 3.14. The Morgan fingerprint density at radius 3 is 2.28 bits per heavy atom. The highest BCUT2D eigenvalue weighted by atomic mass is 32.2. The molecular weight excluding hydrogens is 331 g/mol. The zero-order chi connectivity index (χ0) is 17.7. The minimum absolute atomic E-state index is 0.319. The molecule has 0 N–H and O–H groups in total. The Bertz CT molecular complexity index is 752. The Labute approximate surface area is 155 Å². The van der Waals surface area contributed by atoms with Gasteiger partial charge in [0.2, 0.25) is 0 Å². The van der Waals surface area contributed by atoms with Crippen LogP contribution in [0.2, 0.25) is 0 Å². The van der Waals surface area contributed by atoms with E-state index in [9.17, 15) is 0 Å². The molecule has 0 atom stereocenters. The second-order valence-electron chi connectivity index (χ2n) is 8.09. The third-order valence-electron chi connectivity index (χ3n) is 5.73. The fourth-order valence-electron chi connectivity index (χ4n) is 3.47. The molecule has 25 heavy (non-hydrogen) atoms. The van der Waals surface area contributed by atoms with Gasteiger partial charge in [-0.3, -0.25) is 3.97 Å². The van der Waals surface area contributed by atoms with Crippen LogP contribution in [-0.2, 0) is 9.31 Å². The molecule has 2 aliphatic rings. The molecule has 134 valence electrons. The molecule has 2 aliphatic heterocycles. The lowest BCUT2D eigenvalue weighted by Crippen LogP contribution is -2.41. The van der Waals surface area contributed by atoms with Crippen molar-refractivity contribution in [2.45, 2.75) is 58.2 Å². The van der Waals surface area contributed by atoms with Gasteiger partial charge in [-0.15, -0.1) is 0 Å². The fraction of sp³-hybridized carbons (Fsp3) is 0.579. The quantitative estimate of drug-likeness (QED) is 0.615. The molecule has 2 aromatic rings. The van der Waals surface area contributed by atoms with E-state index in [-0.39, 0.29) is 18.3 Å². The topological polar surface area (TPSA) is 26.6 Å². The lowest BCUT2D eigenvalue weighted by molar-refractivity contribution is 0.00578. The summed E-state index contributed by atoms with van der Waals surface area (Å²) in [6.07, 6.45) is 6.13. The molecule has 1 aromatic carbocycles. The molecule has 2 saturated heterocycles. The third-order valence-corrected chi connectivity index (χ3v) is 6.81. The number of rotatable bonds is 3. The van der Waals surface area contributed by atoms with Crippen molar-refractivity contribution in [1.82, 2.24) is 8.28 Å². The molecule has 3 heterocycles. The van der Waals surface area contributed by atoms with E-state index in [0.717, 1.165) is 18.6 Å². The number of piperidine rings is 1. The van der Waals surface area contributed by atoms with Crippen molar-refractivity contribution >= 4 is 35.6 Å². The average molecular weight is 358 g/mol. The van der Waals surface area contributed by atoms with E-state index in [4.69, 9.17) is 9.31 Å². The van der Waals surface area contributed by atoms with E-state index in [1.807, 2.05) is 12.1 Å². The lowest BCUT2D eigenvalue weighted by Gasteiger charge is -2.32. The summed E-state index contributed by atoms with van der Waals surface area (Å²) in [5, 5.41) is 1.21. The first-order valence-electron chi connectivity index (χ1n) is 9.26. The Kier molecular flexibility index (Phi) is 4.43. The molecule has 0 unspecified atom stereocenters. The summed E-state index contributed by atoms with van der Waals surface area (Å²) in [5.74, 6) is 0. The maximum atomic E-state index is 6.30. The monoisotopic (exact) mass is 358 g/mol. The second-order valence-corrected chi connectivity index (χ2v) is 9.16.